The molecular formula is C19H28N2O4. The van der Waals surface area contributed by atoms with Crippen LogP contribution < -0.4 is 9.47 Å². The Hall–Kier alpha value is -2.24. The summed E-state index contributed by atoms with van der Waals surface area (Å²) in [5.74, 6) is 1.63. The van der Waals surface area contributed by atoms with E-state index in [1.165, 1.54) is 0 Å². The maximum atomic E-state index is 12.7. The predicted octanol–water partition coefficient (Wildman–Crippen LogP) is 1.88. The van der Waals surface area contributed by atoms with Gasteiger partial charge in [-0.25, -0.2) is 0 Å². The van der Waals surface area contributed by atoms with E-state index >= 15 is 0 Å². The highest BCUT2D eigenvalue weighted by Crippen LogP contribution is 2.29. The van der Waals surface area contributed by atoms with Crippen LogP contribution in [0.5, 0.6) is 11.5 Å². The van der Waals surface area contributed by atoms with Crippen molar-refractivity contribution in [2.45, 2.75) is 27.2 Å². The second-order valence-electron chi connectivity index (χ2n) is 6.67. The fourth-order valence-corrected chi connectivity index (χ4v) is 3.07. The second-order valence-corrected chi connectivity index (χ2v) is 6.67. The summed E-state index contributed by atoms with van der Waals surface area (Å²) in [7, 11) is 3.22. The molecule has 1 aliphatic heterocycles. The summed E-state index contributed by atoms with van der Waals surface area (Å²) in [5.41, 5.74) is 1.78. The van der Waals surface area contributed by atoms with Gasteiger partial charge in [0.2, 0.25) is 11.8 Å². The zero-order valence-corrected chi connectivity index (χ0v) is 15.8. The highest BCUT2D eigenvalue weighted by molar-refractivity contribution is 5.81. The number of ether oxygens (including phenoxy) is 2. The molecule has 0 N–H and O–H groups in total. The first kappa shape index (κ1) is 19.1. The van der Waals surface area contributed by atoms with Crippen molar-refractivity contribution >= 4 is 11.8 Å². The Morgan fingerprint density at radius 3 is 2.08 bits per heavy atom. The minimum absolute atomic E-state index is 0.00784. The first-order chi connectivity index (χ1) is 11.9. The largest absolute Gasteiger partial charge is 0.496 e. The van der Waals surface area contributed by atoms with Gasteiger partial charge in [-0.05, 0) is 24.6 Å². The van der Waals surface area contributed by atoms with Gasteiger partial charge in [-0.1, -0.05) is 13.8 Å². The van der Waals surface area contributed by atoms with Crippen LogP contribution in [0.25, 0.3) is 0 Å². The SMILES string of the molecule is COc1cc(CC(=O)N2CCN(C(=O)C(C)C)CC2)c(OC)cc1C. The zero-order chi connectivity index (χ0) is 18.6. The van der Waals surface area contributed by atoms with E-state index in [1.54, 1.807) is 14.2 Å². The fraction of sp³-hybridized carbons (Fsp3) is 0.579. The Kier molecular flexibility index (Phi) is 6.28. The molecule has 0 saturated carbocycles. The lowest BCUT2D eigenvalue weighted by Crippen LogP contribution is -2.51. The van der Waals surface area contributed by atoms with Gasteiger partial charge in [0.25, 0.3) is 0 Å². The van der Waals surface area contributed by atoms with Crippen molar-refractivity contribution < 1.29 is 19.1 Å². The molecule has 138 valence electrons. The van der Waals surface area contributed by atoms with Crippen molar-refractivity contribution in [3.8, 4) is 11.5 Å². The molecule has 1 aromatic rings. The molecule has 1 saturated heterocycles. The Morgan fingerprint density at radius 1 is 1.00 bits per heavy atom. The molecule has 25 heavy (non-hydrogen) atoms. The van der Waals surface area contributed by atoms with E-state index in [1.807, 2.05) is 42.7 Å². The van der Waals surface area contributed by atoms with E-state index in [0.29, 0.717) is 31.9 Å². The molecule has 1 fully saturated rings. The molecule has 0 unspecified atom stereocenters. The van der Waals surface area contributed by atoms with Crippen LogP contribution in [0.3, 0.4) is 0 Å². The normalized spacial score (nSPS) is 14.6. The topological polar surface area (TPSA) is 59.1 Å². The number of nitrogens with zero attached hydrogens (tertiary/aromatic N) is 2. The third-order valence-corrected chi connectivity index (χ3v) is 4.58. The summed E-state index contributed by atoms with van der Waals surface area (Å²) < 4.78 is 10.8. The fourth-order valence-electron chi connectivity index (χ4n) is 3.07. The molecule has 1 heterocycles. The van der Waals surface area contributed by atoms with E-state index in [0.717, 1.165) is 16.9 Å². The molecule has 1 aromatic carbocycles. The summed E-state index contributed by atoms with van der Waals surface area (Å²) >= 11 is 0. The van der Waals surface area contributed by atoms with Crippen molar-refractivity contribution in [2.24, 2.45) is 5.92 Å². The standard InChI is InChI=1S/C19H28N2O4/c1-13(2)19(23)21-8-6-20(7-9-21)18(22)12-15-11-16(24-4)14(3)10-17(15)25-5/h10-11,13H,6-9,12H2,1-5H3. The van der Waals surface area contributed by atoms with Crippen molar-refractivity contribution in [1.29, 1.82) is 0 Å². The van der Waals surface area contributed by atoms with E-state index in [4.69, 9.17) is 9.47 Å². The van der Waals surface area contributed by atoms with Crippen LogP contribution >= 0.6 is 0 Å². The highest BCUT2D eigenvalue weighted by atomic mass is 16.5. The molecule has 0 aromatic heterocycles. The first-order valence-electron chi connectivity index (χ1n) is 8.65. The van der Waals surface area contributed by atoms with Gasteiger partial charge < -0.3 is 19.3 Å². The summed E-state index contributed by atoms with van der Waals surface area (Å²) in [6.07, 6.45) is 0.262. The number of rotatable bonds is 5. The lowest BCUT2D eigenvalue weighted by atomic mass is 10.1. The summed E-state index contributed by atoms with van der Waals surface area (Å²) in [6, 6.07) is 3.76. The van der Waals surface area contributed by atoms with Crippen molar-refractivity contribution in [3.05, 3.63) is 23.3 Å². The Labute approximate surface area is 149 Å². The number of hydrogen-bond donors (Lipinski definition) is 0. The number of piperazine rings is 1. The third-order valence-electron chi connectivity index (χ3n) is 4.58. The Morgan fingerprint density at radius 2 is 1.56 bits per heavy atom. The van der Waals surface area contributed by atoms with E-state index < -0.39 is 0 Å². The van der Waals surface area contributed by atoms with Crippen molar-refractivity contribution in [1.82, 2.24) is 9.80 Å². The number of carbonyl (C=O) groups is 2. The predicted molar refractivity (Wildman–Crippen MR) is 96.0 cm³/mol. The van der Waals surface area contributed by atoms with Crippen molar-refractivity contribution in [3.63, 3.8) is 0 Å². The molecule has 1 aliphatic rings. The monoisotopic (exact) mass is 348 g/mol. The Balaban J connectivity index is 2.03. The van der Waals surface area contributed by atoms with Gasteiger partial charge in [0, 0.05) is 37.7 Å². The van der Waals surface area contributed by atoms with Gasteiger partial charge in [-0.2, -0.15) is 0 Å². The molecular weight excluding hydrogens is 320 g/mol. The number of carbonyl (C=O) groups excluding carboxylic acids is 2. The third kappa shape index (κ3) is 4.44. The lowest BCUT2D eigenvalue weighted by Gasteiger charge is -2.35. The number of benzene rings is 1. The van der Waals surface area contributed by atoms with Gasteiger partial charge in [-0.15, -0.1) is 0 Å². The molecule has 0 aliphatic carbocycles. The molecule has 6 nitrogen and oxygen atoms in total. The molecule has 0 atom stereocenters. The summed E-state index contributed by atoms with van der Waals surface area (Å²) in [5, 5.41) is 0. The van der Waals surface area contributed by atoms with E-state index in [9.17, 15) is 9.59 Å². The zero-order valence-electron chi connectivity index (χ0n) is 15.8. The average molecular weight is 348 g/mol. The number of methoxy groups -OCH3 is 2. The maximum Gasteiger partial charge on any atom is 0.227 e. The summed E-state index contributed by atoms with van der Waals surface area (Å²) in [4.78, 5) is 28.4. The average Bonchev–Trinajstić information content (AvgIpc) is 2.62. The second kappa shape index (κ2) is 8.23. The number of hydrogen-bond acceptors (Lipinski definition) is 4. The van der Waals surface area contributed by atoms with Crippen LogP contribution in [0.15, 0.2) is 12.1 Å². The van der Waals surface area contributed by atoms with E-state index in [2.05, 4.69) is 0 Å². The molecule has 6 heteroatoms. The molecule has 0 bridgehead atoms. The smallest absolute Gasteiger partial charge is 0.227 e. The quantitative estimate of drug-likeness (QED) is 0.815. The van der Waals surface area contributed by atoms with Crippen molar-refractivity contribution in [2.75, 3.05) is 40.4 Å². The molecule has 0 spiro atoms. The van der Waals surface area contributed by atoms with Gasteiger partial charge in [0.1, 0.15) is 11.5 Å². The van der Waals surface area contributed by atoms with Crippen LogP contribution in [0.2, 0.25) is 0 Å². The minimum Gasteiger partial charge on any atom is -0.496 e. The summed E-state index contributed by atoms with van der Waals surface area (Å²) in [6.45, 7) is 8.07. The van der Waals surface area contributed by atoms with E-state index in [-0.39, 0.29) is 24.2 Å². The lowest BCUT2D eigenvalue weighted by molar-refractivity contribution is -0.141. The van der Waals surface area contributed by atoms with Crippen LogP contribution in [-0.4, -0.2) is 62.0 Å². The molecule has 2 rings (SSSR count). The number of amides is 2. The van der Waals surface area contributed by atoms with Gasteiger partial charge >= 0.3 is 0 Å². The molecule has 0 radical (unpaired) electrons. The maximum absolute atomic E-state index is 12.7. The van der Waals surface area contributed by atoms with Gasteiger partial charge in [0.15, 0.2) is 0 Å². The van der Waals surface area contributed by atoms with Crippen LogP contribution in [0, 0.1) is 12.8 Å². The van der Waals surface area contributed by atoms with Gasteiger partial charge in [-0.3, -0.25) is 9.59 Å². The highest BCUT2D eigenvalue weighted by Gasteiger charge is 2.26. The van der Waals surface area contributed by atoms with Crippen LogP contribution in [-0.2, 0) is 16.0 Å². The van der Waals surface area contributed by atoms with Crippen LogP contribution in [0.4, 0.5) is 0 Å². The Bertz CT molecular complexity index is 635. The number of aryl methyl sites for hydroxylation is 1. The molecule has 2 amide bonds. The van der Waals surface area contributed by atoms with Gasteiger partial charge in [0.05, 0.1) is 20.6 Å². The van der Waals surface area contributed by atoms with Crippen LogP contribution in [0.1, 0.15) is 25.0 Å². The first-order valence-corrected chi connectivity index (χ1v) is 8.65. The minimum atomic E-state index is -0.00784.